The molecular weight excluding hydrogens is 324 g/mol. The van der Waals surface area contributed by atoms with Crippen molar-refractivity contribution < 1.29 is 9.53 Å². The maximum Gasteiger partial charge on any atom is 0.133 e. The summed E-state index contributed by atoms with van der Waals surface area (Å²) < 4.78 is 5.33. The van der Waals surface area contributed by atoms with Crippen LogP contribution in [0.3, 0.4) is 0 Å². The van der Waals surface area contributed by atoms with Crippen molar-refractivity contribution in [1.29, 1.82) is 0 Å². The van der Waals surface area contributed by atoms with Crippen LogP contribution in [0, 0.1) is 0 Å². The molecule has 0 saturated heterocycles. The maximum absolute atomic E-state index is 10.8. The summed E-state index contributed by atoms with van der Waals surface area (Å²) in [5.41, 5.74) is 2.58. The third kappa shape index (κ3) is 6.62. The van der Waals surface area contributed by atoms with Crippen LogP contribution in [0.4, 0.5) is 0 Å². The molecule has 4 nitrogen and oxygen atoms in total. The van der Waals surface area contributed by atoms with Gasteiger partial charge in [0.1, 0.15) is 12.0 Å². The van der Waals surface area contributed by atoms with E-state index < -0.39 is 0 Å². The Kier molecular flexibility index (Phi) is 8.32. The van der Waals surface area contributed by atoms with E-state index in [0.29, 0.717) is 12.6 Å². The Morgan fingerprint density at radius 2 is 1.77 bits per heavy atom. The van der Waals surface area contributed by atoms with E-state index >= 15 is 0 Å². The number of rotatable bonds is 11. The summed E-state index contributed by atoms with van der Waals surface area (Å²) >= 11 is 0. The predicted molar refractivity (Wildman–Crippen MR) is 107 cm³/mol. The van der Waals surface area contributed by atoms with Crippen LogP contribution < -0.4 is 4.74 Å². The first-order valence-corrected chi connectivity index (χ1v) is 9.11. The smallest absolute Gasteiger partial charge is 0.133 e. The molecule has 0 aromatic heterocycles. The van der Waals surface area contributed by atoms with Crippen molar-refractivity contribution in [2.75, 3.05) is 34.3 Å². The molecule has 0 unspecified atom stereocenters. The lowest BCUT2D eigenvalue weighted by molar-refractivity contribution is -0.108. The molecule has 0 amide bonds. The molecule has 2 aromatic rings. The number of hydrogen-bond donors (Lipinski definition) is 0. The Morgan fingerprint density at radius 1 is 1.04 bits per heavy atom. The quantitative estimate of drug-likeness (QED) is 0.580. The first-order chi connectivity index (χ1) is 12.6. The van der Waals surface area contributed by atoms with Gasteiger partial charge >= 0.3 is 0 Å². The molecular formula is C22H30N2O2. The molecule has 2 rings (SSSR count). The number of methoxy groups -OCH3 is 1. The summed E-state index contributed by atoms with van der Waals surface area (Å²) in [7, 11) is 5.85. The van der Waals surface area contributed by atoms with Gasteiger partial charge in [-0.1, -0.05) is 42.5 Å². The summed E-state index contributed by atoms with van der Waals surface area (Å²) in [4.78, 5) is 15.3. The Morgan fingerprint density at radius 3 is 2.46 bits per heavy atom. The van der Waals surface area contributed by atoms with Gasteiger partial charge in [0.25, 0.3) is 0 Å². The van der Waals surface area contributed by atoms with Crippen LogP contribution in [0.25, 0.3) is 0 Å². The summed E-state index contributed by atoms with van der Waals surface area (Å²) in [6.07, 6.45) is 3.05. The van der Waals surface area contributed by atoms with E-state index in [1.165, 1.54) is 11.1 Å². The van der Waals surface area contributed by atoms with E-state index in [2.05, 4.69) is 53.2 Å². The van der Waals surface area contributed by atoms with Gasteiger partial charge in [0.2, 0.25) is 0 Å². The molecule has 0 aliphatic heterocycles. The summed E-state index contributed by atoms with van der Waals surface area (Å²) in [6.45, 7) is 2.19. The van der Waals surface area contributed by atoms with Crippen LogP contribution in [-0.2, 0) is 17.8 Å². The molecule has 0 aliphatic rings. The number of carbonyl (C=O) groups excluding carboxylic acids is 1. The second kappa shape index (κ2) is 10.7. The second-order valence-electron chi connectivity index (χ2n) is 6.83. The average molecular weight is 354 g/mol. The number of nitrogens with zero attached hydrogens (tertiary/aromatic N) is 2. The highest BCUT2D eigenvalue weighted by Gasteiger charge is 2.17. The summed E-state index contributed by atoms with van der Waals surface area (Å²) in [5.74, 6) is 0.884. The number of hydrogen-bond acceptors (Lipinski definition) is 4. The first kappa shape index (κ1) is 20.1. The number of ether oxygens (including phenoxy) is 1. The van der Waals surface area contributed by atoms with Gasteiger partial charge in [0, 0.05) is 19.1 Å². The molecule has 0 radical (unpaired) electrons. The lowest BCUT2D eigenvalue weighted by atomic mass is 10.0. The standard InChI is InChI=1S/C22H30N2O2/c1-23(14-15-25)18-21(13-12-19-8-5-4-6-9-19)24(2)17-20-10-7-11-22(16-20)26-3/h4-11,15-16,21H,12-14,17-18H2,1-3H3/t21-/m0/s1. The number of aldehydes is 1. The van der Waals surface area contributed by atoms with Gasteiger partial charge in [-0.15, -0.1) is 0 Å². The molecule has 4 heteroatoms. The van der Waals surface area contributed by atoms with Crippen molar-refractivity contribution in [3.63, 3.8) is 0 Å². The number of carbonyl (C=O) groups is 1. The SMILES string of the molecule is COc1cccc(CN(C)[C@@H](CCc2ccccc2)CN(C)CC=O)c1. The molecule has 26 heavy (non-hydrogen) atoms. The van der Waals surface area contributed by atoms with Crippen LogP contribution >= 0.6 is 0 Å². The fraction of sp³-hybridized carbons (Fsp3) is 0.409. The zero-order valence-corrected chi connectivity index (χ0v) is 16.1. The van der Waals surface area contributed by atoms with Crippen LogP contribution in [-0.4, -0.2) is 56.4 Å². The summed E-state index contributed by atoms with van der Waals surface area (Å²) in [6, 6.07) is 19.1. The molecule has 0 spiro atoms. The van der Waals surface area contributed by atoms with Crippen LogP contribution in [0.5, 0.6) is 5.75 Å². The van der Waals surface area contributed by atoms with E-state index in [9.17, 15) is 4.79 Å². The minimum Gasteiger partial charge on any atom is -0.497 e. The van der Waals surface area contributed by atoms with Gasteiger partial charge < -0.3 is 9.53 Å². The number of benzene rings is 2. The van der Waals surface area contributed by atoms with Gasteiger partial charge in [0.05, 0.1) is 13.7 Å². The fourth-order valence-corrected chi connectivity index (χ4v) is 3.18. The predicted octanol–water partition coefficient (Wildman–Crippen LogP) is 3.26. The Hall–Kier alpha value is -2.17. The van der Waals surface area contributed by atoms with Crippen molar-refractivity contribution in [3.05, 3.63) is 65.7 Å². The average Bonchev–Trinajstić information content (AvgIpc) is 2.66. The third-order valence-electron chi connectivity index (χ3n) is 4.71. The van der Waals surface area contributed by atoms with E-state index in [4.69, 9.17) is 4.74 Å². The van der Waals surface area contributed by atoms with Gasteiger partial charge in [-0.3, -0.25) is 9.80 Å². The zero-order chi connectivity index (χ0) is 18.8. The van der Waals surface area contributed by atoms with Crippen molar-refractivity contribution in [2.24, 2.45) is 0 Å². The third-order valence-corrected chi connectivity index (χ3v) is 4.71. The van der Waals surface area contributed by atoms with E-state index in [1.54, 1.807) is 7.11 Å². The van der Waals surface area contributed by atoms with Crippen LogP contribution in [0.2, 0.25) is 0 Å². The van der Waals surface area contributed by atoms with Gasteiger partial charge in [-0.05, 0) is 50.2 Å². The van der Waals surface area contributed by atoms with Gasteiger partial charge in [0.15, 0.2) is 0 Å². The van der Waals surface area contributed by atoms with Crippen molar-refractivity contribution in [2.45, 2.75) is 25.4 Å². The summed E-state index contributed by atoms with van der Waals surface area (Å²) in [5, 5.41) is 0. The topological polar surface area (TPSA) is 32.8 Å². The first-order valence-electron chi connectivity index (χ1n) is 9.11. The van der Waals surface area contributed by atoms with Gasteiger partial charge in [-0.2, -0.15) is 0 Å². The van der Waals surface area contributed by atoms with Crippen molar-refractivity contribution in [1.82, 2.24) is 9.80 Å². The Balaban J connectivity index is 2.03. The van der Waals surface area contributed by atoms with E-state index in [-0.39, 0.29) is 0 Å². The second-order valence-corrected chi connectivity index (χ2v) is 6.83. The highest BCUT2D eigenvalue weighted by atomic mass is 16.5. The van der Waals surface area contributed by atoms with Gasteiger partial charge in [-0.25, -0.2) is 0 Å². The molecule has 0 fully saturated rings. The molecule has 0 heterocycles. The molecule has 0 aliphatic carbocycles. The maximum atomic E-state index is 10.8. The molecule has 140 valence electrons. The Labute approximate surface area is 157 Å². The van der Waals surface area contributed by atoms with Crippen LogP contribution in [0.1, 0.15) is 17.5 Å². The fourth-order valence-electron chi connectivity index (χ4n) is 3.18. The largest absolute Gasteiger partial charge is 0.497 e. The monoisotopic (exact) mass is 354 g/mol. The molecule has 2 aromatic carbocycles. The number of likely N-dealkylation sites (N-methyl/N-ethyl adjacent to an activating group) is 2. The minimum atomic E-state index is 0.367. The molecule has 0 saturated carbocycles. The highest BCUT2D eigenvalue weighted by Crippen LogP contribution is 2.17. The van der Waals surface area contributed by atoms with Crippen LogP contribution in [0.15, 0.2) is 54.6 Å². The molecule has 0 N–H and O–H groups in total. The van der Waals surface area contributed by atoms with Crippen molar-refractivity contribution in [3.8, 4) is 5.75 Å². The number of aryl methyl sites for hydroxylation is 1. The molecule has 1 atom stereocenters. The lowest BCUT2D eigenvalue weighted by Gasteiger charge is -2.31. The Bertz CT molecular complexity index is 660. The normalized spacial score (nSPS) is 12.3. The highest BCUT2D eigenvalue weighted by molar-refractivity contribution is 5.51. The van der Waals surface area contributed by atoms with Crippen molar-refractivity contribution >= 4 is 6.29 Å². The van der Waals surface area contributed by atoms with E-state index in [0.717, 1.165) is 38.0 Å². The molecule has 0 bridgehead atoms. The minimum absolute atomic E-state index is 0.367. The lowest BCUT2D eigenvalue weighted by Crippen LogP contribution is -2.41. The van der Waals surface area contributed by atoms with E-state index in [1.807, 2.05) is 25.2 Å². The zero-order valence-electron chi connectivity index (χ0n) is 16.1.